The molecule has 16 atom stereocenters. The molecule has 0 radical (unpaired) electrons. The molecule has 1 aromatic carbocycles. The molecule has 3 heterocycles. The fourth-order valence-corrected chi connectivity index (χ4v) is 6.51. The minimum Gasteiger partial charge on any atom is -0.463 e. The number of halogens is 1. The van der Waals surface area contributed by atoms with Gasteiger partial charge in [0.25, 0.3) is 0 Å². The molecular formula is C37H54FNO20. The molecule has 3 saturated heterocycles. The quantitative estimate of drug-likeness (QED) is 0.0338. The highest BCUT2D eigenvalue weighted by atomic mass is 19.1. The number of alkyl halides is 1. The Bertz CT molecular complexity index is 1510. The molecule has 3 aliphatic heterocycles. The predicted molar refractivity (Wildman–Crippen MR) is 193 cm³/mol. The number of hydrogen-bond acceptors (Lipinski definition) is 20. The zero-order valence-electron chi connectivity index (χ0n) is 32.1. The normalized spacial score (nSPS) is 35.3. The lowest BCUT2D eigenvalue weighted by Gasteiger charge is -2.48. The third-order valence-corrected chi connectivity index (χ3v) is 9.77. The maximum absolute atomic E-state index is 14.3. The number of anilines is 1. The fraction of sp³-hybridized carbons (Fsp3) is 0.730. The van der Waals surface area contributed by atoms with Gasteiger partial charge in [-0.3, -0.25) is 9.59 Å². The van der Waals surface area contributed by atoms with Crippen molar-refractivity contribution in [3.05, 3.63) is 23.8 Å². The number of aliphatic hydroxyl groups is 10. The van der Waals surface area contributed by atoms with Crippen LogP contribution in [-0.2, 0) is 49.4 Å². The summed E-state index contributed by atoms with van der Waals surface area (Å²) in [6.45, 7) is -1.10. The second kappa shape index (κ2) is 23.1. The number of benzene rings is 1. The van der Waals surface area contributed by atoms with E-state index in [-0.39, 0.29) is 43.1 Å². The first-order valence-electron chi connectivity index (χ1n) is 18.9. The molecule has 21 nitrogen and oxygen atoms in total. The van der Waals surface area contributed by atoms with E-state index in [2.05, 4.69) is 11.2 Å². The van der Waals surface area contributed by atoms with Gasteiger partial charge in [-0.2, -0.15) is 0 Å². The molecule has 334 valence electrons. The molecule has 0 aromatic heterocycles. The number of esters is 1. The van der Waals surface area contributed by atoms with Crippen LogP contribution in [-0.4, -0.2) is 195 Å². The minimum absolute atomic E-state index is 0.00332. The average Bonchev–Trinajstić information content (AvgIpc) is 3.23. The van der Waals surface area contributed by atoms with E-state index in [1.807, 2.05) is 6.92 Å². The van der Waals surface area contributed by atoms with Crippen LogP contribution in [0.3, 0.4) is 0 Å². The highest BCUT2D eigenvalue weighted by Gasteiger charge is 2.53. The van der Waals surface area contributed by atoms with Crippen molar-refractivity contribution in [3.63, 3.8) is 0 Å². The van der Waals surface area contributed by atoms with E-state index in [0.29, 0.717) is 6.61 Å². The van der Waals surface area contributed by atoms with Crippen LogP contribution >= 0.6 is 0 Å². The number of carbonyl (C=O) groups excluding carboxylic acids is 2. The van der Waals surface area contributed by atoms with E-state index in [1.165, 1.54) is 18.2 Å². The summed E-state index contributed by atoms with van der Waals surface area (Å²) >= 11 is 0. The number of amides is 1. The van der Waals surface area contributed by atoms with E-state index in [0.717, 1.165) is 6.42 Å². The van der Waals surface area contributed by atoms with E-state index in [9.17, 15) is 65.0 Å². The molecule has 0 aliphatic carbocycles. The van der Waals surface area contributed by atoms with Crippen molar-refractivity contribution in [3.8, 4) is 18.1 Å². The summed E-state index contributed by atoms with van der Waals surface area (Å²) in [6.07, 6.45) is -20.8. The number of aliphatic hydroxyl groups excluding tert-OH is 10. The lowest BCUT2D eigenvalue weighted by Crippen LogP contribution is -2.66. The number of carbonyl (C=O) groups is 2. The van der Waals surface area contributed by atoms with Gasteiger partial charge in [0.2, 0.25) is 12.2 Å². The van der Waals surface area contributed by atoms with Gasteiger partial charge in [-0.1, -0.05) is 6.92 Å². The molecule has 11 N–H and O–H groups in total. The van der Waals surface area contributed by atoms with Gasteiger partial charge in [0.05, 0.1) is 38.8 Å². The van der Waals surface area contributed by atoms with Crippen LogP contribution in [0.15, 0.2) is 18.2 Å². The number of terminal acetylenes is 1. The Morgan fingerprint density at radius 2 is 1.34 bits per heavy atom. The summed E-state index contributed by atoms with van der Waals surface area (Å²) in [7, 11) is 0. The Morgan fingerprint density at radius 3 is 1.90 bits per heavy atom. The van der Waals surface area contributed by atoms with Gasteiger partial charge in [-0.05, 0) is 24.6 Å². The maximum Gasteiger partial charge on any atom is 0.306 e. The Morgan fingerprint density at radius 1 is 0.780 bits per heavy atom. The van der Waals surface area contributed by atoms with Crippen molar-refractivity contribution < 1.29 is 103 Å². The highest BCUT2D eigenvalue weighted by Crippen LogP contribution is 2.34. The zero-order valence-corrected chi connectivity index (χ0v) is 32.1. The van der Waals surface area contributed by atoms with Crippen LogP contribution in [0.1, 0.15) is 31.7 Å². The van der Waals surface area contributed by atoms with Gasteiger partial charge in [-0.25, -0.2) is 4.39 Å². The van der Waals surface area contributed by atoms with Gasteiger partial charge in [-0.15, -0.1) is 12.3 Å². The molecule has 1 amide bonds. The molecule has 3 fully saturated rings. The van der Waals surface area contributed by atoms with Crippen molar-refractivity contribution >= 4 is 17.6 Å². The van der Waals surface area contributed by atoms with Crippen molar-refractivity contribution in [2.45, 2.75) is 125 Å². The van der Waals surface area contributed by atoms with E-state index in [1.54, 1.807) is 0 Å². The van der Waals surface area contributed by atoms with Crippen LogP contribution in [0.2, 0.25) is 0 Å². The Balaban J connectivity index is 1.38. The number of hydrogen-bond donors (Lipinski definition) is 11. The fourth-order valence-electron chi connectivity index (χ4n) is 6.51. The Hall–Kier alpha value is -3.19. The van der Waals surface area contributed by atoms with Gasteiger partial charge in [0, 0.05) is 24.3 Å². The molecule has 0 spiro atoms. The number of rotatable bonds is 20. The predicted octanol–water partition coefficient (Wildman–Crippen LogP) is -4.08. The Kier molecular flexibility index (Phi) is 19.0. The molecule has 0 saturated carbocycles. The summed E-state index contributed by atoms with van der Waals surface area (Å²) in [6, 6.07) is 3.77. The Labute approximate surface area is 338 Å². The largest absolute Gasteiger partial charge is 0.463 e. The summed E-state index contributed by atoms with van der Waals surface area (Å²) in [4.78, 5) is 25.3. The van der Waals surface area contributed by atoms with E-state index in [4.69, 9.17) is 44.3 Å². The molecule has 22 heteroatoms. The van der Waals surface area contributed by atoms with E-state index >= 15 is 0 Å². The smallest absolute Gasteiger partial charge is 0.306 e. The second-order valence-electron chi connectivity index (χ2n) is 14.0. The highest BCUT2D eigenvalue weighted by molar-refractivity contribution is 5.95. The summed E-state index contributed by atoms with van der Waals surface area (Å²) in [5, 5.41) is 107. The van der Waals surface area contributed by atoms with Crippen LogP contribution in [0.4, 0.5) is 10.1 Å². The summed E-state index contributed by atoms with van der Waals surface area (Å²) in [5.41, 5.74) is -0.0457. The van der Waals surface area contributed by atoms with Crippen LogP contribution in [0.5, 0.6) is 5.75 Å². The molecule has 3 aliphatic rings. The van der Waals surface area contributed by atoms with Crippen LogP contribution in [0, 0.1) is 18.3 Å². The first-order chi connectivity index (χ1) is 28.2. The van der Waals surface area contributed by atoms with Crippen LogP contribution < -0.4 is 10.1 Å². The van der Waals surface area contributed by atoms with E-state index < -0.39 is 136 Å². The summed E-state index contributed by atoms with van der Waals surface area (Å²) in [5.74, 6) is -0.148. The summed E-state index contributed by atoms with van der Waals surface area (Å²) < 4.78 is 58.0. The molecule has 1 aromatic rings. The van der Waals surface area contributed by atoms with Crippen LogP contribution in [0.25, 0.3) is 0 Å². The molecule has 0 bridgehead atoms. The van der Waals surface area contributed by atoms with Crippen molar-refractivity contribution in [1.29, 1.82) is 0 Å². The van der Waals surface area contributed by atoms with Gasteiger partial charge in [0.1, 0.15) is 92.3 Å². The lowest BCUT2D eigenvalue weighted by molar-refractivity contribution is -0.376. The molecule has 4 rings (SSSR count). The SMILES string of the molecule is C#CCC(CC(=O)OCCOCCC)C(=O)Nc1ccc(O[C@@H]2OC(CO)[C@H](O[C@H]3OC(CO)[C@H](O[C@H]4OC(CO)[C@@H](O)[C@H](O)C4O)[C@H](O)C3O)[C@H](O)C2O)c(CF)c1. The minimum atomic E-state index is -2.03. The zero-order chi connectivity index (χ0) is 43.4. The topological polar surface area (TPSA) is 322 Å². The van der Waals surface area contributed by atoms with Crippen molar-refractivity contribution in [2.75, 3.05) is 45.0 Å². The maximum atomic E-state index is 14.3. The third-order valence-electron chi connectivity index (χ3n) is 9.77. The first-order valence-corrected chi connectivity index (χ1v) is 18.9. The van der Waals surface area contributed by atoms with Gasteiger partial charge < -0.3 is 94.3 Å². The standard InChI is InChI=1S/C37H54FNO20/c1-3-5-17(12-24(43)53-10-9-52-8-4-2)34(51)39-19-6-7-20(18(11-19)13-38)54-35-30(49)27(46)32(22(15-41)56-35)59-37-31(50)28(47)33(23(16-42)57-37)58-36-29(48)26(45)25(44)21(14-40)55-36/h1,6-7,11,17,21-23,25-33,35-37,40-42,44-50H,4-5,8-10,12-16H2,2H3,(H,39,51)/t17?,21?,22?,23?,25-,26+,27-,28-,29?,30?,31?,32+,33+,35-,36-,37-/m1/s1. The average molecular weight is 852 g/mol. The van der Waals surface area contributed by atoms with Crippen molar-refractivity contribution in [2.24, 2.45) is 5.92 Å². The second-order valence-corrected chi connectivity index (χ2v) is 14.0. The van der Waals surface area contributed by atoms with Gasteiger partial charge >= 0.3 is 5.97 Å². The van der Waals surface area contributed by atoms with Gasteiger partial charge in [0.15, 0.2) is 12.6 Å². The first kappa shape index (κ1) is 48.5. The number of ether oxygens (including phenoxy) is 8. The number of nitrogens with one attached hydrogen (secondary N) is 1. The monoisotopic (exact) mass is 851 g/mol. The molecule has 59 heavy (non-hydrogen) atoms. The van der Waals surface area contributed by atoms with Crippen molar-refractivity contribution in [1.82, 2.24) is 0 Å². The molecule has 7 unspecified atom stereocenters. The lowest BCUT2D eigenvalue weighted by atomic mass is 9.96. The molecular weight excluding hydrogens is 797 g/mol. The third kappa shape index (κ3) is 12.2.